The molecule has 122 valence electrons. The molecule has 1 aromatic heterocycles. The molecule has 0 atom stereocenters. The second-order valence-electron chi connectivity index (χ2n) is 4.61. The summed E-state index contributed by atoms with van der Waals surface area (Å²) in [6.07, 6.45) is 3.40. The van der Waals surface area contributed by atoms with E-state index in [0.29, 0.717) is 35.2 Å². The van der Waals surface area contributed by atoms with Gasteiger partial charge < -0.3 is 20.1 Å². The molecule has 2 N–H and O–H groups in total. The monoisotopic (exact) mass is 335 g/mol. The van der Waals surface area contributed by atoms with Crippen LogP contribution in [0.1, 0.15) is 10.4 Å². The van der Waals surface area contributed by atoms with Crippen molar-refractivity contribution in [1.29, 1.82) is 0 Å². The van der Waals surface area contributed by atoms with Crippen LogP contribution < -0.4 is 20.1 Å². The number of aromatic nitrogens is 1. The lowest BCUT2D eigenvalue weighted by molar-refractivity contribution is 0.0955. The molecule has 1 amide bonds. The summed E-state index contributed by atoms with van der Waals surface area (Å²) in [5, 5.41) is 6.32. The SMILES string of the molecule is COc1cc(C(=O)NCCNc2ccncc2)cc(Cl)c1OC. The van der Waals surface area contributed by atoms with Crippen molar-refractivity contribution in [3.05, 3.63) is 47.2 Å². The predicted molar refractivity (Wildman–Crippen MR) is 89.6 cm³/mol. The van der Waals surface area contributed by atoms with E-state index < -0.39 is 0 Å². The highest BCUT2D eigenvalue weighted by molar-refractivity contribution is 6.32. The lowest BCUT2D eigenvalue weighted by Crippen LogP contribution is -2.28. The van der Waals surface area contributed by atoms with Gasteiger partial charge in [0.25, 0.3) is 5.91 Å². The smallest absolute Gasteiger partial charge is 0.251 e. The first-order valence-electron chi connectivity index (χ1n) is 6.99. The molecule has 0 unspecified atom stereocenters. The van der Waals surface area contributed by atoms with E-state index in [0.717, 1.165) is 5.69 Å². The van der Waals surface area contributed by atoms with Crippen molar-refractivity contribution in [3.63, 3.8) is 0 Å². The largest absolute Gasteiger partial charge is 0.493 e. The molecular formula is C16H18ClN3O3. The second-order valence-corrected chi connectivity index (χ2v) is 5.02. The number of methoxy groups -OCH3 is 2. The number of amides is 1. The van der Waals surface area contributed by atoms with Gasteiger partial charge in [-0.25, -0.2) is 0 Å². The second kappa shape index (κ2) is 8.24. The molecule has 0 fully saturated rings. The number of rotatable bonds is 7. The molecule has 0 aliphatic heterocycles. The van der Waals surface area contributed by atoms with Crippen LogP contribution in [-0.4, -0.2) is 38.2 Å². The fraction of sp³-hybridized carbons (Fsp3) is 0.250. The van der Waals surface area contributed by atoms with Crippen molar-refractivity contribution < 1.29 is 14.3 Å². The van der Waals surface area contributed by atoms with Gasteiger partial charge in [-0.15, -0.1) is 0 Å². The quantitative estimate of drug-likeness (QED) is 0.761. The lowest BCUT2D eigenvalue weighted by atomic mass is 10.2. The normalized spacial score (nSPS) is 10.0. The molecule has 0 saturated carbocycles. The van der Waals surface area contributed by atoms with Crippen molar-refractivity contribution in [2.75, 3.05) is 32.6 Å². The van der Waals surface area contributed by atoms with Gasteiger partial charge in [-0.3, -0.25) is 9.78 Å². The Morgan fingerprint density at radius 1 is 1.17 bits per heavy atom. The van der Waals surface area contributed by atoms with E-state index >= 15 is 0 Å². The number of ether oxygens (including phenoxy) is 2. The molecule has 23 heavy (non-hydrogen) atoms. The highest BCUT2D eigenvalue weighted by Gasteiger charge is 2.14. The zero-order valence-corrected chi connectivity index (χ0v) is 13.7. The van der Waals surface area contributed by atoms with Gasteiger partial charge in [-0.05, 0) is 24.3 Å². The Morgan fingerprint density at radius 3 is 2.57 bits per heavy atom. The van der Waals surface area contributed by atoms with E-state index in [1.165, 1.54) is 14.2 Å². The number of pyridine rings is 1. The third-order valence-electron chi connectivity index (χ3n) is 3.12. The fourth-order valence-electron chi connectivity index (χ4n) is 2.00. The predicted octanol–water partition coefficient (Wildman–Crippen LogP) is 2.59. The minimum Gasteiger partial charge on any atom is -0.493 e. The lowest BCUT2D eigenvalue weighted by Gasteiger charge is -2.12. The zero-order chi connectivity index (χ0) is 16.7. The molecule has 0 saturated heterocycles. The molecule has 0 aliphatic carbocycles. The van der Waals surface area contributed by atoms with Gasteiger partial charge >= 0.3 is 0 Å². The summed E-state index contributed by atoms with van der Waals surface area (Å²) < 4.78 is 10.3. The first kappa shape index (κ1) is 16.9. The molecule has 2 rings (SSSR count). The van der Waals surface area contributed by atoms with Gasteiger partial charge in [0.15, 0.2) is 11.5 Å². The number of halogens is 1. The van der Waals surface area contributed by atoms with E-state index in [2.05, 4.69) is 15.6 Å². The van der Waals surface area contributed by atoms with Gasteiger partial charge in [0, 0.05) is 36.7 Å². The molecule has 0 bridgehead atoms. The van der Waals surface area contributed by atoms with Crippen LogP contribution in [0.5, 0.6) is 11.5 Å². The van der Waals surface area contributed by atoms with Crippen LogP contribution in [0.15, 0.2) is 36.7 Å². The highest BCUT2D eigenvalue weighted by atomic mass is 35.5. The zero-order valence-electron chi connectivity index (χ0n) is 12.9. The van der Waals surface area contributed by atoms with E-state index in [9.17, 15) is 4.79 Å². The average Bonchev–Trinajstić information content (AvgIpc) is 2.58. The van der Waals surface area contributed by atoms with Crippen molar-refractivity contribution in [1.82, 2.24) is 10.3 Å². The Hall–Kier alpha value is -2.47. The summed E-state index contributed by atoms with van der Waals surface area (Å²) in [6.45, 7) is 1.06. The molecule has 1 heterocycles. The molecule has 6 nitrogen and oxygen atoms in total. The van der Waals surface area contributed by atoms with Crippen LogP contribution in [0.2, 0.25) is 5.02 Å². The molecule has 2 aromatic rings. The average molecular weight is 336 g/mol. The topological polar surface area (TPSA) is 72.5 Å². The van der Waals surface area contributed by atoms with Gasteiger partial charge in [0.2, 0.25) is 0 Å². The first-order valence-corrected chi connectivity index (χ1v) is 7.37. The molecule has 7 heteroatoms. The van der Waals surface area contributed by atoms with E-state index in [4.69, 9.17) is 21.1 Å². The van der Waals surface area contributed by atoms with Crippen LogP contribution in [-0.2, 0) is 0 Å². The standard InChI is InChI=1S/C16H18ClN3O3/c1-22-14-10-11(9-13(17)15(14)23-2)16(21)20-8-7-19-12-3-5-18-6-4-12/h3-6,9-10H,7-8H2,1-2H3,(H,18,19)(H,20,21). The van der Waals surface area contributed by atoms with Crippen LogP contribution in [0.25, 0.3) is 0 Å². The summed E-state index contributed by atoms with van der Waals surface area (Å²) in [4.78, 5) is 16.1. The summed E-state index contributed by atoms with van der Waals surface area (Å²) >= 11 is 6.10. The van der Waals surface area contributed by atoms with Gasteiger partial charge in [-0.2, -0.15) is 0 Å². The number of anilines is 1. The number of nitrogens with zero attached hydrogens (tertiary/aromatic N) is 1. The van der Waals surface area contributed by atoms with Gasteiger partial charge in [0.1, 0.15) is 0 Å². The molecule has 0 radical (unpaired) electrons. The third kappa shape index (κ3) is 4.50. The van der Waals surface area contributed by atoms with Gasteiger partial charge in [0.05, 0.1) is 19.2 Å². The van der Waals surface area contributed by atoms with Crippen molar-refractivity contribution in [2.24, 2.45) is 0 Å². The maximum atomic E-state index is 12.2. The maximum Gasteiger partial charge on any atom is 0.251 e. The number of carbonyl (C=O) groups is 1. The Kier molecular flexibility index (Phi) is 6.05. The molecule has 0 aliphatic rings. The van der Waals surface area contributed by atoms with E-state index in [1.807, 2.05) is 12.1 Å². The number of carbonyl (C=O) groups excluding carboxylic acids is 1. The molecule has 0 spiro atoms. The fourth-order valence-corrected chi connectivity index (χ4v) is 2.29. The van der Waals surface area contributed by atoms with E-state index in [-0.39, 0.29) is 5.91 Å². The Balaban J connectivity index is 1.92. The number of benzene rings is 1. The Labute approximate surface area is 139 Å². The summed E-state index contributed by atoms with van der Waals surface area (Å²) in [5.74, 6) is 0.592. The van der Waals surface area contributed by atoms with Crippen LogP contribution in [0, 0.1) is 0 Å². The van der Waals surface area contributed by atoms with Crippen LogP contribution in [0.4, 0.5) is 5.69 Å². The Morgan fingerprint density at radius 2 is 1.91 bits per heavy atom. The third-order valence-corrected chi connectivity index (χ3v) is 3.40. The number of nitrogens with one attached hydrogen (secondary N) is 2. The summed E-state index contributed by atoms with van der Waals surface area (Å²) in [5.41, 5.74) is 1.36. The van der Waals surface area contributed by atoms with Crippen LogP contribution in [0.3, 0.4) is 0 Å². The summed E-state index contributed by atoms with van der Waals surface area (Å²) in [7, 11) is 2.99. The molecular weight excluding hydrogens is 318 g/mol. The van der Waals surface area contributed by atoms with E-state index in [1.54, 1.807) is 24.5 Å². The van der Waals surface area contributed by atoms with Crippen molar-refractivity contribution >= 4 is 23.2 Å². The van der Waals surface area contributed by atoms with Gasteiger partial charge in [-0.1, -0.05) is 11.6 Å². The first-order chi connectivity index (χ1) is 11.2. The van der Waals surface area contributed by atoms with Crippen LogP contribution >= 0.6 is 11.6 Å². The number of hydrogen-bond donors (Lipinski definition) is 2. The minimum absolute atomic E-state index is 0.232. The Bertz CT molecular complexity index is 665. The van der Waals surface area contributed by atoms with Crippen molar-refractivity contribution in [3.8, 4) is 11.5 Å². The van der Waals surface area contributed by atoms with Crippen molar-refractivity contribution in [2.45, 2.75) is 0 Å². The highest BCUT2D eigenvalue weighted by Crippen LogP contribution is 2.35. The number of hydrogen-bond acceptors (Lipinski definition) is 5. The molecule has 1 aromatic carbocycles. The minimum atomic E-state index is -0.232. The maximum absolute atomic E-state index is 12.2. The summed E-state index contributed by atoms with van der Waals surface area (Å²) in [6, 6.07) is 6.86.